The van der Waals surface area contributed by atoms with Gasteiger partial charge in [0.15, 0.2) is 0 Å². The lowest BCUT2D eigenvalue weighted by Gasteiger charge is -2.56. The standard InChI is InChI=1S/C7H15NO.B45/c1-8-6-2-4-7(9)5-3-6;1-24-36(25(2)3)42(37(26(4)5)27(6)7)45(43(38(28(8)9)29(10)11)39(30(12)13)31(14)15)44(40(32(16)17)33(18)19)41(34(20)21)35(22)23/h6-9H,2-5H2,1H3;. The highest BCUT2D eigenvalue weighted by Crippen LogP contribution is 2.21. The van der Waals surface area contributed by atoms with E-state index in [4.69, 9.17) is 183 Å². The van der Waals surface area contributed by atoms with Crippen molar-refractivity contribution in [3.8, 4) is 0 Å². The van der Waals surface area contributed by atoms with Crippen LogP contribution in [0.1, 0.15) is 25.7 Å². The van der Waals surface area contributed by atoms with Crippen LogP contribution in [-0.4, -0.2) is 343 Å². The molecule has 0 aromatic heterocycles. The van der Waals surface area contributed by atoms with Gasteiger partial charge in [0.25, 0.3) is 0 Å². The SMILES string of the molecule is CNC1CCC(O)CC1.[B][B]B(B([B])[B])B(B(B([B])[B])B([B])[B])B(B(B(B([B])[B])B([B])[B])B(B([B])[B])B([B])[B])B(B(B([B])[B])B([B])[B])B(B([B])[B])B([B])[B]. The first-order valence-electron chi connectivity index (χ1n) is 18.3. The van der Waals surface area contributed by atoms with Gasteiger partial charge in [-0.3, -0.25) is 0 Å². The number of hydrogen-bond donors (Lipinski definition) is 2. The molecule has 0 spiro atoms. The number of rotatable bonds is 22. The van der Waals surface area contributed by atoms with E-state index in [0.29, 0.717) is 6.04 Å². The van der Waals surface area contributed by atoms with Crippen molar-refractivity contribution in [1.29, 1.82) is 0 Å². The van der Waals surface area contributed by atoms with Crippen molar-refractivity contribution in [2.24, 2.45) is 0 Å². The van der Waals surface area contributed by atoms with Crippen LogP contribution in [0.5, 0.6) is 0 Å². The molecule has 1 fully saturated rings. The fourth-order valence-corrected chi connectivity index (χ4v) is 8.81. The maximum Gasteiger partial charge on any atom is 0.0541 e. The second-order valence-electron chi connectivity index (χ2n) is 15.1. The summed E-state index contributed by atoms with van der Waals surface area (Å²) < 4.78 is 0. The molecule has 47 heteroatoms. The first-order chi connectivity index (χ1) is 24.8. The lowest BCUT2D eigenvalue weighted by Crippen LogP contribution is -2.94. The molecule has 47 radical (unpaired) electrons. The van der Waals surface area contributed by atoms with Crippen LogP contribution in [0.15, 0.2) is 0 Å². The second kappa shape index (κ2) is 27.7. The molecule has 2 nitrogen and oxygen atoms in total. The molecule has 0 atom stereocenters. The third kappa shape index (κ3) is 17.0. The molecular formula is C7H15B45NO. The highest BCUT2D eigenvalue weighted by Gasteiger charge is 2.58. The van der Waals surface area contributed by atoms with Crippen LogP contribution in [0.4, 0.5) is 0 Å². The summed E-state index contributed by atoms with van der Waals surface area (Å²) in [5, 5.41) is 12.3. The Hall–Kier alpha value is 2.84. The summed E-state index contributed by atoms with van der Waals surface area (Å²) in [5.74, 6) is 0. The lowest BCUT2D eigenvalue weighted by molar-refractivity contribution is 0.118. The largest absolute Gasteiger partial charge is 0.393 e. The van der Waals surface area contributed by atoms with Gasteiger partial charge >= 0.3 is 0 Å². The Morgan fingerprint density at radius 3 is 0.778 bits per heavy atom. The van der Waals surface area contributed by atoms with Gasteiger partial charge in [-0.15, -0.1) is 0 Å². The summed E-state index contributed by atoms with van der Waals surface area (Å²) in [5.41, 5.74) is 0. The maximum absolute atomic E-state index is 9.09. The maximum atomic E-state index is 9.09. The summed E-state index contributed by atoms with van der Waals surface area (Å²) >= 11 is 0. The van der Waals surface area contributed by atoms with Gasteiger partial charge < -0.3 is 10.4 Å². The minimum atomic E-state index is -1.27. The summed E-state index contributed by atoms with van der Waals surface area (Å²) in [6.07, 6.45) is -20.7. The molecule has 1 aliphatic carbocycles. The van der Waals surface area contributed by atoms with Crippen molar-refractivity contribution in [3.05, 3.63) is 0 Å². The predicted octanol–water partition coefficient (Wildman–Crippen LogP) is -16.6. The van der Waals surface area contributed by atoms with Crippen LogP contribution >= 0.6 is 0 Å². The van der Waals surface area contributed by atoms with Crippen molar-refractivity contribution < 1.29 is 5.11 Å². The van der Waals surface area contributed by atoms with E-state index in [1.54, 1.807) is 0 Å². The summed E-state index contributed by atoms with van der Waals surface area (Å²) in [7, 11) is 149. The van der Waals surface area contributed by atoms with Crippen molar-refractivity contribution in [1.82, 2.24) is 5.32 Å². The van der Waals surface area contributed by atoms with E-state index < -0.39 is 134 Å². The number of hydrogen-bond acceptors (Lipinski definition) is 2. The molecule has 0 aliphatic heterocycles. The average Bonchev–Trinajstić information content (AvgIpc) is 3.00. The molecule has 2 N–H and O–H groups in total. The van der Waals surface area contributed by atoms with Gasteiger partial charge in [-0.05, 0) is 32.7 Å². The van der Waals surface area contributed by atoms with Gasteiger partial charge in [-0.2, -0.15) is 0 Å². The molecule has 0 aromatic rings. The zero-order valence-corrected chi connectivity index (χ0v) is 31.9. The Morgan fingerprint density at radius 2 is 0.593 bits per heavy atom. The van der Waals surface area contributed by atoms with Crippen LogP contribution in [0.2, 0.25) is 0 Å². The lowest BCUT2D eigenvalue weighted by atomic mass is 8.26. The molecule has 0 heterocycles. The van der Waals surface area contributed by atoms with Gasteiger partial charge in [0.1, 0.15) is 0 Å². The predicted molar refractivity (Wildman–Crippen MR) is 296 cm³/mol. The van der Waals surface area contributed by atoms with Gasteiger partial charge in [0, 0.05) is 325 Å². The van der Waals surface area contributed by atoms with Crippen molar-refractivity contribution in [3.63, 3.8) is 0 Å². The molecule has 1 rings (SSSR count). The van der Waals surface area contributed by atoms with E-state index in [-0.39, 0.29) is 6.10 Å². The monoisotopic (exact) mass is 625 g/mol. The van der Waals surface area contributed by atoms with E-state index in [9.17, 15) is 0 Å². The third-order valence-electron chi connectivity index (χ3n) is 11.2. The topological polar surface area (TPSA) is 32.3 Å². The van der Waals surface area contributed by atoms with E-state index in [1.165, 1.54) is 7.06 Å². The Balaban J connectivity index is 0.00000270. The smallest absolute Gasteiger partial charge is 0.0541 e. The summed E-state index contributed by atoms with van der Waals surface area (Å²) in [4.78, 5) is 0. The quantitative estimate of drug-likeness (QED) is 0.119. The van der Waals surface area contributed by atoms with Crippen LogP contribution in [0, 0.1) is 0 Å². The van der Waals surface area contributed by atoms with Crippen LogP contribution in [0.25, 0.3) is 0 Å². The normalized spacial score (nSPS) is 14.1. The van der Waals surface area contributed by atoms with Crippen molar-refractivity contribution in [2.75, 3.05) is 7.05 Å². The first kappa shape index (κ1) is 56.8. The van der Waals surface area contributed by atoms with Crippen LogP contribution in [-0.2, 0) is 0 Å². The first-order valence-corrected chi connectivity index (χ1v) is 18.3. The van der Waals surface area contributed by atoms with Gasteiger partial charge in [0.05, 0.1) is 6.10 Å². The van der Waals surface area contributed by atoms with Crippen LogP contribution < -0.4 is 5.32 Å². The molecule has 0 amide bonds. The average molecular weight is 616 g/mol. The van der Waals surface area contributed by atoms with E-state index in [2.05, 4.69) is 5.32 Å². The minimum Gasteiger partial charge on any atom is -0.393 e. The Kier molecular flexibility index (Phi) is 29.2. The van der Waals surface area contributed by atoms with E-state index in [0.717, 1.165) is 25.7 Å². The van der Waals surface area contributed by atoms with Crippen LogP contribution in [0.3, 0.4) is 0 Å². The molecule has 0 unspecified atom stereocenters. The highest BCUT2D eigenvalue weighted by atomic mass is 16.3. The molecule has 0 aromatic carbocycles. The fourth-order valence-electron chi connectivity index (χ4n) is 8.81. The minimum absolute atomic E-state index is 0.0189. The Morgan fingerprint density at radius 1 is 0.370 bits per heavy atom. The van der Waals surface area contributed by atoms with Gasteiger partial charge in [-0.25, -0.2) is 0 Å². The molecule has 1 aliphatic rings. The highest BCUT2D eigenvalue weighted by molar-refractivity contribution is 8.34. The summed E-state index contributed by atoms with van der Waals surface area (Å²) in [6.45, 7) is 0. The molecule has 1 saturated carbocycles. The van der Waals surface area contributed by atoms with Crippen molar-refractivity contribution >= 4 is 319 Å². The fraction of sp³-hybridized carbons (Fsp3) is 1.00. The Bertz CT molecular complexity index is 824. The molecule has 0 bridgehead atoms. The molecule has 189 valence electrons. The second-order valence-corrected chi connectivity index (χ2v) is 15.1. The van der Waals surface area contributed by atoms with Gasteiger partial charge in [-0.1, -0.05) is 0 Å². The number of nitrogens with one attached hydrogen (secondary N) is 1. The molecule has 54 heavy (non-hydrogen) atoms. The summed E-state index contributed by atoms with van der Waals surface area (Å²) in [6, 6.07) is 0.661. The molecular weight excluding hydrogens is 601 g/mol. The number of aliphatic hydroxyl groups is 1. The zero-order valence-electron chi connectivity index (χ0n) is 31.9. The van der Waals surface area contributed by atoms with Gasteiger partial charge in [0.2, 0.25) is 0 Å². The zero-order chi connectivity index (χ0) is 42.5. The van der Waals surface area contributed by atoms with E-state index >= 15 is 0 Å². The Labute approximate surface area is 371 Å². The number of aliphatic hydroxyl groups excluding tert-OH is 1. The van der Waals surface area contributed by atoms with E-state index in [1.807, 2.05) is 7.05 Å². The van der Waals surface area contributed by atoms with Crippen molar-refractivity contribution in [2.45, 2.75) is 37.8 Å². The molecule has 0 saturated heterocycles. The third-order valence-corrected chi connectivity index (χ3v) is 11.2.